The molecule has 0 aliphatic carbocycles. The summed E-state index contributed by atoms with van der Waals surface area (Å²) in [6.07, 6.45) is 0. The van der Waals surface area contributed by atoms with Crippen LogP contribution in [0.2, 0.25) is 0 Å². The van der Waals surface area contributed by atoms with Crippen molar-refractivity contribution in [2.24, 2.45) is 0 Å². The van der Waals surface area contributed by atoms with E-state index in [1.54, 1.807) is 0 Å². The molecule has 0 unspecified atom stereocenters. The molecular formula is C7H4O3. The minimum absolute atomic E-state index is 0.0437. The Kier molecular flexibility index (Phi) is 0.695. The van der Waals surface area contributed by atoms with Gasteiger partial charge in [-0.2, -0.15) is 0 Å². The minimum Gasteiger partial charge on any atom is -0.507 e. The van der Waals surface area contributed by atoms with Crippen LogP contribution in [0.4, 0.5) is 0 Å². The molecule has 0 amide bonds. The Hall–Kier alpha value is -1.51. The Morgan fingerprint density at radius 1 is 1.00 bits per heavy atom. The lowest BCUT2D eigenvalue weighted by molar-refractivity contribution is 0.471. The first-order chi connectivity index (χ1) is 4.72. The van der Waals surface area contributed by atoms with E-state index in [2.05, 4.69) is 0 Å². The number of rotatable bonds is 0. The summed E-state index contributed by atoms with van der Waals surface area (Å²) in [4.78, 5) is 10.7. The number of benzene rings is 1. The fourth-order valence-corrected chi connectivity index (χ4v) is 0.984. The van der Waals surface area contributed by atoms with Crippen molar-refractivity contribution in [1.82, 2.24) is 0 Å². The molecule has 0 radical (unpaired) electrons. The number of hydrogen-bond donors (Lipinski definition) is 2. The third-order valence-electron chi connectivity index (χ3n) is 1.55. The van der Waals surface area contributed by atoms with E-state index in [1.165, 1.54) is 12.1 Å². The van der Waals surface area contributed by atoms with Crippen molar-refractivity contribution in [3.05, 3.63) is 22.4 Å². The molecule has 0 saturated heterocycles. The largest absolute Gasteiger partial charge is 0.507 e. The highest BCUT2D eigenvalue weighted by Crippen LogP contribution is 2.32. The highest BCUT2D eigenvalue weighted by Gasteiger charge is 2.20. The molecule has 2 N–H and O–H groups in total. The molecule has 2 rings (SSSR count). The van der Waals surface area contributed by atoms with Crippen LogP contribution in [-0.4, -0.2) is 10.2 Å². The molecule has 0 aliphatic heterocycles. The number of phenols is 2. The van der Waals surface area contributed by atoms with Crippen LogP contribution in [0.3, 0.4) is 0 Å². The molecule has 0 heterocycles. The molecule has 0 bridgehead atoms. The van der Waals surface area contributed by atoms with Gasteiger partial charge >= 0.3 is 0 Å². The summed E-state index contributed by atoms with van der Waals surface area (Å²) >= 11 is 0. The molecule has 50 valence electrons. The minimum atomic E-state index is -0.250. The van der Waals surface area contributed by atoms with Crippen molar-refractivity contribution in [3.63, 3.8) is 0 Å². The van der Waals surface area contributed by atoms with Crippen molar-refractivity contribution in [3.8, 4) is 11.5 Å². The number of fused-ring (bicyclic) bond motifs is 1. The fraction of sp³-hybridized carbons (Fsp3) is 0. The number of aromatic hydroxyl groups is 2. The van der Waals surface area contributed by atoms with E-state index in [-0.39, 0.29) is 27.7 Å². The van der Waals surface area contributed by atoms with Crippen LogP contribution in [0, 0.1) is 0 Å². The SMILES string of the molecule is O=c1c2c(O)ccc(O)c12. The summed E-state index contributed by atoms with van der Waals surface area (Å²) in [5, 5.41) is 18.4. The van der Waals surface area contributed by atoms with Crippen molar-refractivity contribution >= 4 is 10.8 Å². The molecule has 3 nitrogen and oxygen atoms in total. The topological polar surface area (TPSA) is 57.5 Å². The van der Waals surface area contributed by atoms with Gasteiger partial charge < -0.3 is 10.2 Å². The van der Waals surface area contributed by atoms with E-state index in [4.69, 9.17) is 10.2 Å². The number of hydrogen-bond acceptors (Lipinski definition) is 3. The van der Waals surface area contributed by atoms with E-state index in [9.17, 15) is 4.79 Å². The predicted octanol–water partition coefficient (Wildman–Crippen LogP) is 0.487. The molecule has 10 heavy (non-hydrogen) atoms. The molecule has 0 saturated carbocycles. The summed E-state index contributed by atoms with van der Waals surface area (Å²) < 4.78 is 0. The van der Waals surface area contributed by atoms with Crippen LogP contribution in [0.1, 0.15) is 0 Å². The van der Waals surface area contributed by atoms with Crippen LogP contribution in [0.25, 0.3) is 10.8 Å². The van der Waals surface area contributed by atoms with Gasteiger partial charge in [0.1, 0.15) is 11.5 Å². The maximum Gasteiger partial charge on any atom is 0.202 e. The van der Waals surface area contributed by atoms with Gasteiger partial charge in [-0.05, 0) is 12.1 Å². The molecule has 0 aliphatic rings. The zero-order valence-corrected chi connectivity index (χ0v) is 4.96. The Labute approximate surface area is 55.8 Å². The lowest BCUT2D eigenvalue weighted by Crippen LogP contribution is -1.68. The van der Waals surface area contributed by atoms with E-state index in [0.717, 1.165) is 0 Å². The van der Waals surface area contributed by atoms with Crippen molar-refractivity contribution < 1.29 is 10.2 Å². The molecule has 0 spiro atoms. The van der Waals surface area contributed by atoms with Crippen molar-refractivity contribution in [1.29, 1.82) is 0 Å². The standard InChI is InChI=1S/C7H4O3/c8-3-1-2-4(9)6-5(3)7(6)10/h1-2,8-9H. The monoisotopic (exact) mass is 136 g/mol. The first kappa shape index (κ1) is 5.29. The molecule has 2 aromatic carbocycles. The summed E-state index contributed by atoms with van der Waals surface area (Å²) in [6, 6.07) is 2.61. The van der Waals surface area contributed by atoms with Gasteiger partial charge in [-0.3, -0.25) is 4.79 Å². The molecule has 2 aromatic rings. The van der Waals surface area contributed by atoms with Gasteiger partial charge in [0.25, 0.3) is 0 Å². The van der Waals surface area contributed by atoms with Crippen LogP contribution < -0.4 is 5.43 Å². The third-order valence-corrected chi connectivity index (χ3v) is 1.55. The smallest absolute Gasteiger partial charge is 0.202 e. The second kappa shape index (κ2) is 1.31. The Bertz CT molecular complexity index is 370. The van der Waals surface area contributed by atoms with Crippen LogP contribution in [0.5, 0.6) is 11.5 Å². The third kappa shape index (κ3) is 0.424. The van der Waals surface area contributed by atoms with E-state index in [1.807, 2.05) is 0 Å². The highest BCUT2D eigenvalue weighted by molar-refractivity contribution is 6.05. The normalized spacial score (nSPS) is 11.2. The van der Waals surface area contributed by atoms with Gasteiger partial charge in [0, 0.05) is 0 Å². The summed E-state index contributed by atoms with van der Waals surface area (Å²) in [6.45, 7) is 0. The van der Waals surface area contributed by atoms with Gasteiger partial charge in [-0.1, -0.05) is 0 Å². The zero-order chi connectivity index (χ0) is 7.30. The van der Waals surface area contributed by atoms with E-state index < -0.39 is 0 Å². The summed E-state index contributed by atoms with van der Waals surface area (Å²) in [7, 11) is 0. The molecule has 3 heteroatoms. The average Bonchev–Trinajstić information content (AvgIpc) is 2.55. The van der Waals surface area contributed by atoms with E-state index >= 15 is 0 Å². The summed E-state index contributed by atoms with van der Waals surface area (Å²) in [5.74, 6) is -0.0874. The lowest BCUT2D eigenvalue weighted by atomic mass is 10.3. The van der Waals surface area contributed by atoms with Crippen LogP contribution in [0.15, 0.2) is 16.9 Å². The molecule has 0 aromatic heterocycles. The van der Waals surface area contributed by atoms with Gasteiger partial charge in [-0.25, -0.2) is 0 Å². The van der Waals surface area contributed by atoms with E-state index in [0.29, 0.717) is 0 Å². The van der Waals surface area contributed by atoms with Gasteiger partial charge in [-0.15, -0.1) is 0 Å². The van der Waals surface area contributed by atoms with Gasteiger partial charge in [0.05, 0.1) is 10.8 Å². The van der Waals surface area contributed by atoms with Crippen LogP contribution in [-0.2, 0) is 0 Å². The Morgan fingerprint density at radius 2 is 1.40 bits per heavy atom. The van der Waals surface area contributed by atoms with Gasteiger partial charge in [0.2, 0.25) is 5.43 Å². The predicted molar refractivity (Wildman–Crippen MR) is 35.9 cm³/mol. The lowest BCUT2D eigenvalue weighted by Gasteiger charge is -1.86. The first-order valence-electron chi connectivity index (χ1n) is 2.81. The first-order valence-corrected chi connectivity index (χ1v) is 2.81. The van der Waals surface area contributed by atoms with Gasteiger partial charge in [0.15, 0.2) is 0 Å². The second-order valence-corrected chi connectivity index (χ2v) is 2.18. The molecule has 0 fully saturated rings. The number of phenolic OH excluding ortho intramolecular Hbond substituents is 2. The zero-order valence-electron chi connectivity index (χ0n) is 4.96. The van der Waals surface area contributed by atoms with Crippen molar-refractivity contribution in [2.75, 3.05) is 0 Å². The van der Waals surface area contributed by atoms with Crippen LogP contribution >= 0.6 is 0 Å². The average molecular weight is 136 g/mol. The Balaban J connectivity index is 2.95. The molecular weight excluding hydrogens is 132 g/mol. The highest BCUT2D eigenvalue weighted by atomic mass is 16.3. The summed E-state index contributed by atoms with van der Waals surface area (Å²) in [5.41, 5.74) is -0.250. The quantitative estimate of drug-likeness (QED) is 0.518. The molecule has 0 atom stereocenters. The maximum atomic E-state index is 10.7. The fourth-order valence-electron chi connectivity index (χ4n) is 0.984. The maximum absolute atomic E-state index is 10.7. The second-order valence-electron chi connectivity index (χ2n) is 2.18. The van der Waals surface area contributed by atoms with Crippen molar-refractivity contribution in [2.45, 2.75) is 0 Å². The Morgan fingerprint density at radius 3 is 1.80 bits per heavy atom.